The standard InChI is InChI=1S/C13H17BrFN3.HI/c1-16-13(17-7-9-2-3-9)18-8-10-4-11(14)6-12(15)5-10;/h4-6,9H,2-3,7-8H2,1H3,(H2,16,17,18);1H. The van der Waals surface area contributed by atoms with Crippen LogP contribution in [-0.4, -0.2) is 19.6 Å². The van der Waals surface area contributed by atoms with Crippen LogP contribution in [0.4, 0.5) is 4.39 Å². The van der Waals surface area contributed by atoms with E-state index in [-0.39, 0.29) is 29.8 Å². The van der Waals surface area contributed by atoms with Crippen molar-refractivity contribution in [1.82, 2.24) is 10.6 Å². The molecule has 1 aliphatic rings. The van der Waals surface area contributed by atoms with E-state index in [9.17, 15) is 4.39 Å². The molecule has 0 aliphatic heterocycles. The maximum atomic E-state index is 13.2. The first-order valence-electron chi connectivity index (χ1n) is 6.07. The maximum absolute atomic E-state index is 13.2. The largest absolute Gasteiger partial charge is 0.356 e. The van der Waals surface area contributed by atoms with E-state index in [1.807, 2.05) is 6.07 Å². The summed E-state index contributed by atoms with van der Waals surface area (Å²) < 4.78 is 13.9. The molecule has 2 N–H and O–H groups in total. The second-order valence-electron chi connectivity index (χ2n) is 4.53. The molecule has 3 nitrogen and oxygen atoms in total. The number of guanidine groups is 1. The second kappa shape index (κ2) is 8.04. The number of nitrogens with zero attached hydrogens (tertiary/aromatic N) is 1. The Morgan fingerprint density at radius 3 is 2.68 bits per heavy atom. The maximum Gasteiger partial charge on any atom is 0.191 e. The average molecular weight is 442 g/mol. The van der Waals surface area contributed by atoms with E-state index in [0.717, 1.165) is 28.5 Å². The number of aliphatic imine (C=N–C) groups is 1. The van der Waals surface area contributed by atoms with Gasteiger partial charge in [-0.05, 0) is 42.5 Å². The highest BCUT2D eigenvalue weighted by Crippen LogP contribution is 2.27. The number of benzene rings is 1. The average Bonchev–Trinajstić information content (AvgIpc) is 3.12. The van der Waals surface area contributed by atoms with Crippen molar-refractivity contribution in [2.75, 3.05) is 13.6 Å². The molecule has 0 amide bonds. The lowest BCUT2D eigenvalue weighted by molar-refractivity contribution is 0.623. The molecule has 6 heteroatoms. The highest BCUT2D eigenvalue weighted by molar-refractivity contribution is 14.0. The van der Waals surface area contributed by atoms with Crippen LogP contribution in [0.25, 0.3) is 0 Å². The minimum atomic E-state index is -0.234. The van der Waals surface area contributed by atoms with Crippen molar-refractivity contribution in [1.29, 1.82) is 0 Å². The third-order valence-corrected chi connectivity index (χ3v) is 3.32. The molecule has 1 fully saturated rings. The Morgan fingerprint density at radius 1 is 1.37 bits per heavy atom. The van der Waals surface area contributed by atoms with Crippen LogP contribution in [-0.2, 0) is 6.54 Å². The zero-order valence-corrected chi connectivity index (χ0v) is 14.7. The fourth-order valence-electron chi connectivity index (χ4n) is 1.68. The van der Waals surface area contributed by atoms with E-state index >= 15 is 0 Å². The summed E-state index contributed by atoms with van der Waals surface area (Å²) in [6.07, 6.45) is 2.61. The lowest BCUT2D eigenvalue weighted by Gasteiger charge is -2.11. The molecular weight excluding hydrogens is 424 g/mol. The van der Waals surface area contributed by atoms with E-state index in [1.165, 1.54) is 25.0 Å². The van der Waals surface area contributed by atoms with E-state index in [0.29, 0.717) is 6.54 Å². The summed E-state index contributed by atoms with van der Waals surface area (Å²) in [5.74, 6) is 1.33. The molecule has 1 saturated carbocycles. The Bertz CT molecular complexity index is 429. The molecule has 0 unspecified atom stereocenters. The van der Waals surface area contributed by atoms with E-state index in [1.54, 1.807) is 7.05 Å². The SMILES string of the molecule is CN=C(NCc1cc(F)cc(Br)c1)NCC1CC1.I. The third kappa shape index (κ3) is 6.07. The molecule has 1 aliphatic carbocycles. The first-order valence-corrected chi connectivity index (χ1v) is 6.86. The molecule has 19 heavy (non-hydrogen) atoms. The van der Waals surface area contributed by atoms with Crippen LogP contribution < -0.4 is 10.6 Å². The molecule has 0 saturated heterocycles. The Kier molecular flexibility index (Phi) is 7.06. The molecule has 1 aromatic rings. The molecule has 0 heterocycles. The van der Waals surface area contributed by atoms with Crippen LogP contribution in [0.3, 0.4) is 0 Å². The monoisotopic (exact) mass is 441 g/mol. The molecule has 2 rings (SSSR count). The van der Waals surface area contributed by atoms with Gasteiger partial charge in [-0.25, -0.2) is 4.39 Å². The van der Waals surface area contributed by atoms with Crippen molar-refractivity contribution in [2.24, 2.45) is 10.9 Å². The van der Waals surface area contributed by atoms with Gasteiger partial charge in [0.15, 0.2) is 5.96 Å². The van der Waals surface area contributed by atoms with Gasteiger partial charge in [-0.1, -0.05) is 15.9 Å². The number of hydrogen-bond donors (Lipinski definition) is 2. The normalized spacial score (nSPS) is 14.8. The molecule has 1 aromatic carbocycles. The van der Waals surface area contributed by atoms with Crippen molar-refractivity contribution < 1.29 is 4.39 Å². The van der Waals surface area contributed by atoms with Crippen LogP contribution >= 0.6 is 39.9 Å². The lowest BCUT2D eigenvalue weighted by Crippen LogP contribution is -2.37. The minimum absolute atomic E-state index is 0. The van der Waals surface area contributed by atoms with Crippen LogP contribution in [0, 0.1) is 11.7 Å². The summed E-state index contributed by atoms with van der Waals surface area (Å²) in [6.45, 7) is 1.52. The van der Waals surface area contributed by atoms with Crippen molar-refractivity contribution >= 4 is 45.9 Å². The predicted molar refractivity (Wildman–Crippen MR) is 90.4 cm³/mol. The van der Waals surface area contributed by atoms with Gasteiger partial charge in [0, 0.05) is 24.6 Å². The van der Waals surface area contributed by atoms with Crippen molar-refractivity contribution in [3.8, 4) is 0 Å². The fourth-order valence-corrected chi connectivity index (χ4v) is 2.20. The van der Waals surface area contributed by atoms with Crippen LogP contribution in [0.2, 0.25) is 0 Å². The van der Waals surface area contributed by atoms with Gasteiger partial charge in [-0.3, -0.25) is 4.99 Å². The first-order chi connectivity index (χ1) is 8.67. The van der Waals surface area contributed by atoms with Gasteiger partial charge in [-0.2, -0.15) is 0 Å². The summed E-state index contributed by atoms with van der Waals surface area (Å²) in [4.78, 5) is 4.14. The predicted octanol–water partition coefficient (Wildman–Crippen LogP) is 3.28. The quantitative estimate of drug-likeness (QED) is 0.427. The molecule has 106 valence electrons. The third-order valence-electron chi connectivity index (χ3n) is 2.86. The van der Waals surface area contributed by atoms with E-state index < -0.39 is 0 Å². The molecule has 0 aromatic heterocycles. The fraction of sp³-hybridized carbons (Fsp3) is 0.462. The number of hydrogen-bond acceptors (Lipinski definition) is 1. The van der Waals surface area contributed by atoms with Crippen LogP contribution in [0.5, 0.6) is 0 Å². The summed E-state index contributed by atoms with van der Waals surface area (Å²) in [5.41, 5.74) is 0.885. The molecule has 0 radical (unpaired) electrons. The summed E-state index contributed by atoms with van der Waals surface area (Å²) in [6, 6.07) is 4.86. The van der Waals surface area contributed by atoms with Crippen LogP contribution in [0.15, 0.2) is 27.7 Å². The van der Waals surface area contributed by atoms with Gasteiger partial charge in [0.2, 0.25) is 0 Å². The molecule has 0 bridgehead atoms. The Labute approximate surface area is 138 Å². The van der Waals surface area contributed by atoms with Gasteiger partial charge in [0.05, 0.1) is 0 Å². The summed E-state index contributed by atoms with van der Waals surface area (Å²) in [7, 11) is 1.74. The smallest absolute Gasteiger partial charge is 0.191 e. The van der Waals surface area contributed by atoms with Crippen LogP contribution in [0.1, 0.15) is 18.4 Å². The number of halogens is 3. The van der Waals surface area contributed by atoms with Crippen molar-refractivity contribution in [2.45, 2.75) is 19.4 Å². The lowest BCUT2D eigenvalue weighted by atomic mass is 10.2. The Balaban J connectivity index is 0.00000180. The van der Waals surface area contributed by atoms with Gasteiger partial charge in [0.25, 0.3) is 0 Å². The Hall–Kier alpha value is -0.370. The number of rotatable bonds is 4. The second-order valence-corrected chi connectivity index (χ2v) is 5.44. The summed E-state index contributed by atoms with van der Waals surface area (Å²) >= 11 is 3.28. The first kappa shape index (κ1) is 16.7. The molecular formula is C13H18BrFIN3. The zero-order valence-electron chi connectivity index (χ0n) is 10.7. The van der Waals surface area contributed by atoms with Crippen molar-refractivity contribution in [3.05, 3.63) is 34.1 Å². The molecule has 0 atom stereocenters. The van der Waals surface area contributed by atoms with E-state index in [4.69, 9.17) is 0 Å². The van der Waals surface area contributed by atoms with E-state index in [2.05, 4.69) is 31.6 Å². The Morgan fingerprint density at radius 2 is 2.11 bits per heavy atom. The zero-order chi connectivity index (χ0) is 13.0. The highest BCUT2D eigenvalue weighted by atomic mass is 127. The topological polar surface area (TPSA) is 36.4 Å². The summed E-state index contributed by atoms with van der Waals surface area (Å²) in [5, 5.41) is 6.44. The van der Waals surface area contributed by atoms with Gasteiger partial charge < -0.3 is 10.6 Å². The van der Waals surface area contributed by atoms with Gasteiger partial charge in [0.1, 0.15) is 5.82 Å². The molecule has 0 spiro atoms. The highest BCUT2D eigenvalue weighted by Gasteiger charge is 2.20. The minimum Gasteiger partial charge on any atom is -0.356 e. The van der Waals surface area contributed by atoms with Gasteiger partial charge in [-0.15, -0.1) is 24.0 Å². The van der Waals surface area contributed by atoms with Crippen molar-refractivity contribution in [3.63, 3.8) is 0 Å². The van der Waals surface area contributed by atoms with Gasteiger partial charge >= 0.3 is 0 Å². The number of nitrogens with one attached hydrogen (secondary N) is 2.